The van der Waals surface area contributed by atoms with Crippen LogP contribution >= 0.6 is 0 Å². The van der Waals surface area contributed by atoms with E-state index in [0.717, 1.165) is 31.6 Å². The topological polar surface area (TPSA) is 45.0 Å². The maximum atomic E-state index is 9.34. The molecule has 0 fully saturated rings. The smallest absolute Gasteiger partial charge is 0.119 e. The summed E-state index contributed by atoms with van der Waals surface area (Å²) >= 11 is 0. The first-order valence-electron chi connectivity index (χ1n) is 7.42. The summed E-state index contributed by atoms with van der Waals surface area (Å²) in [6.07, 6.45) is 2.51. The van der Waals surface area contributed by atoms with E-state index < -0.39 is 5.54 Å². The first-order valence-corrected chi connectivity index (χ1v) is 7.42. The zero-order valence-electron chi connectivity index (χ0n) is 13.1. The van der Waals surface area contributed by atoms with Crippen LogP contribution in [0, 0.1) is 25.2 Å². The van der Waals surface area contributed by atoms with Gasteiger partial charge in [0.25, 0.3) is 0 Å². The van der Waals surface area contributed by atoms with E-state index in [9.17, 15) is 5.26 Å². The minimum absolute atomic E-state index is 0.402. The molecule has 0 amide bonds. The van der Waals surface area contributed by atoms with Crippen molar-refractivity contribution in [2.75, 3.05) is 13.2 Å². The van der Waals surface area contributed by atoms with Crippen molar-refractivity contribution in [1.82, 2.24) is 5.32 Å². The molecule has 3 heteroatoms. The minimum atomic E-state index is -0.402. The Morgan fingerprint density at radius 3 is 2.35 bits per heavy atom. The molecule has 0 heterocycles. The van der Waals surface area contributed by atoms with Gasteiger partial charge in [0.2, 0.25) is 0 Å². The van der Waals surface area contributed by atoms with Gasteiger partial charge in [-0.25, -0.2) is 0 Å². The van der Waals surface area contributed by atoms with Crippen molar-refractivity contribution in [2.45, 2.75) is 52.5 Å². The lowest BCUT2D eigenvalue weighted by Gasteiger charge is -2.26. The molecule has 0 aromatic heterocycles. The lowest BCUT2D eigenvalue weighted by atomic mass is 9.92. The maximum Gasteiger partial charge on any atom is 0.119 e. The van der Waals surface area contributed by atoms with Crippen LogP contribution in [0.1, 0.15) is 44.2 Å². The summed E-state index contributed by atoms with van der Waals surface area (Å²) in [7, 11) is 0. The SMILES string of the molecule is CCNC(C#N)(CC)CCCOc1cc(C)cc(C)c1. The first kappa shape index (κ1) is 16.5. The molecule has 0 saturated carbocycles. The monoisotopic (exact) mass is 274 g/mol. The highest BCUT2D eigenvalue weighted by Gasteiger charge is 2.25. The van der Waals surface area contributed by atoms with Crippen LogP contribution in [0.15, 0.2) is 18.2 Å². The van der Waals surface area contributed by atoms with Crippen molar-refractivity contribution in [2.24, 2.45) is 0 Å². The molecule has 1 aromatic carbocycles. The van der Waals surface area contributed by atoms with E-state index in [4.69, 9.17) is 4.74 Å². The fourth-order valence-electron chi connectivity index (χ4n) is 2.48. The molecule has 0 spiro atoms. The predicted octanol–water partition coefficient (Wildman–Crippen LogP) is 3.74. The Morgan fingerprint density at radius 2 is 1.85 bits per heavy atom. The molecule has 0 aliphatic rings. The second-order valence-electron chi connectivity index (χ2n) is 5.35. The molecule has 1 atom stereocenters. The van der Waals surface area contributed by atoms with Gasteiger partial charge in [-0.15, -0.1) is 0 Å². The van der Waals surface area contributed by atoms with Gasteiger partial charge in [-0.3, -0.25) is 5.32 Å². The van der Waals surface area contributed by atoms with Gasteiger partial charge in [-0.1, -0.05) is 19.9 Å². The fourth-order valence-corrected chi connectivity index (χ4v) is 2.48. The number of ether oxygens (including phenoxy) is 1. The van der Waals surface area contributed by atoms with Gasteiger partial charge in [-0.05, 0) is 62.9 Å². The molecule has 0 aliphatic carbocycles. The van der Waals surface area contributed by atoms with Crippen molar-refractivity contribution in [3.63, 3.8) is 0 Å². The van der Waals surface area contributed by atoms with Crippen LogP contribution in [-0.4, -0.2) is 18.7 Å². The van der Waals surface area contributed by atoms with E-state index in [2.05, 4.69) is 50.4 Å². The molecular formula is C17H26N2O. The number of hydrogen-bond acceptors (Lipinski definition) is 3. The highest BCUT2D eigenvalue weighted by atomic mass is 16.5. The highest BCUT2D eigenvalue weighted by Crippen LogP contribution is 2.19. The third-order valence-corrected chi connectivity index (χ3v) is 3.54. The van der Waals surface area contributed by atoms with Crippen molar-refractivity contribution >= 4 is 0 Å². The fraction of sp³-hybridized carbons (Fsp3) is 0.588. The Morgan fingerprint density at radius 1 is 1.20 bits per heavy atom. The summed E-state index contributed by atoms with van der Waals surface area (Å²) in [6.45, 7) is 9.70. The molecule has 3 nitrogen and oxygen atoms in total. The summed E-state index contributed by atoms with van der Waals surface area (Å²) in [5.74, 6) is 0.921. The minimum Gasteiger partial charge on any atom is -0.494 e. The van der Waals surface area contributed by atoms with Gasteiger partial charge in [0.15, 0.2) is 0 Å². The number of rotatable bonds is 8. The van der Waals surface area contributed by atoms with Gasteiger partial charge in [0.05, 0.1) is 12.7 Å². The molecule has 20 heavy (non-hydrogen) atoms. The normalized spacial score (nSPS) is 13.6. The third kappa shape index (κ3) is 4.86. The zero-order chi connectivity index (χ0) is 15.0. The average molecular weight is 274 g/mol. The van der Waals surface area contributed by atoms with Gasteiger partial charge in [0, 0.05) is 0 Å². The van der Waals surface area contributed by atoms with E-state index in [1.165, 1.54) is 11.1 Å². The molecule has 1 aromatic rings. The molecule has 1 unspecified atom stereocenters. The van der Waals surface area contributed by atoms with E-state index >= 15 is 0 Å². The Hall–Kier alpha value is -1.53. The summed E-state index contributed by atoms with van der Waals surface area (Å²) < 4.78 is 5.79. The summed E-state index contributed by atoms with van der Waals surface area (Å²) in [6, 6.07) is 8.65. The number of nitrogens with zero attached hydrogens (tertiary/aromatic N) is 1. The van der Waals surface area contributed by atoms with Gasteiger partial charge >= 0.3 is 0 Å². The van der Waals surface area contributed by atoms with Crippen LogP contribution in [-0.2, 0) is 0 Å². The quantitative estimate of drug-likeness (QED) is 0.734. The van der Waals surface area contributed by atoms with Crippen LogP contribution in [0.5, 0.6) is 5.75 Å². The number of hydrogen-bond donors (Lipinski definition) is 1. The lowest BCUT2D eigenvalue weighted by molar-refractivity contribution is 0.277. The molecule has 1 N–H and O–H groups in total. The van der Waals surface area contributed by atoms with E-state index in [1.54, 1.807) is 0 Å². The standard InChI is InChI=1S/C17H26N2O/c1-5-17(13-18,19-6-2)8-7-9-20-16-11-14(3)10-15(4)12-16/h10-12,19H,5-9H2,1-4H3. The van der Waals surface area contributed by atoms with Gasteiger partial charge < -0.3 is 4.74 Å². The summed E-state index contributed by atoms with van der Waals surface area (Å²) in [5.41, 5.74) is 2.03. The molecule has 0 bridgehead atoms. The maximum absolute atomic E-state index is 9.34. The average Bonchev–Trinajstić information content (AvgIpc) is 2.41. The second kappa shape index (κ2) is 7.91. The van der Waals surface area contributed by atoms with Crippen molar-refractivity contribution in [1.29, 1.82) is 5.26 Å². The number of aryl methyl sites for hydroxylation is 2. The van der Waals surface area contributed by atoms with Crippen molar-refractivity contribution in [3.05, 3.63) is 29.3 Å². The van der Waals surface area contributed by atoms with Crippen molar-refractivity contribution < 1.29 is 4.74 Å². The second-order valence-corrected chi connectivity index (χ2v) is 5.35. The number of benzene rings is 1. The van der Waals surface area contributed by atoms with Gasteiger partial charge in [0.1, 0.15) is 11.3 Å². The zero-order valence-corrected chi connectivity index (χ0v) is 13.1. The molecule has 110 valence electrons. The lowest BCUT2D eigenvalue weighted by Crippen LogP contribution is -2.43. The van der Waals surface area contributed by atoms with Crippen LogP contribution in [0.25, 0.3) is 0 Å². The van der Waals surface area contributed by atoms with E-state index in [-0.39, 0.29) is 0 Å². The molecular weight excluding hydrogens is 248 g/mol. The van der Waals surface area contributed by atoms with Crippen LogP contribution in [0.3, 0.4) is 0 Å². The number of nitriles is 1. The summed E-state index contributed by atoms with van der Waals surface area (Å²) in [5, 5.41) is 12.6. The first-order chi connectivity index (χ1) is 9.55. The Balaban J connectivity index is 2.46. The van der Waals surface area contributed by atoms with Gasteiger partial charge in [-0.2, -0.15) is 5.26 Å². The molecule has 0 saturated heterocycles. The van der Waals surface area contributed by atoms with E-state index in [1.807, 2.05) is 6.92 Å². The molecule has 0 radical (unpaired) electrons. The predicted molar refractivity (Wildman–Crippen MR) is 83.0 cm³/mol. The number of nitrogens with one attached hydrogen (secondary N) is 1. The Bertz CT molecular complexity index is 444. The Labute approximate surface area is 123 Å². The molecule has 0 aliphatic heterocycles. The van der Waals surface area contributed by atoms with Crippen LogP contribution < -0.4 is 10.1 Å². The van der Waals surface area contributed by atoms with Crippen LogP contribution in [0.4, 0.5) is 0 Å². The Kier molecular flexibility index (Phi) is 6.54. The van der Waals surface area contributed by atoms with Crippen molar-refractivity contribution in [3.8, 4) is 11.8 Å². The summed E-state index contributed by atoms with van der Waals surface area (Å²) in [4.78, 5) is 0. The van der Waals surface area contributed by atoms with E-state index in [0.29, 0.717) is 6.61 Å². The highest BCUT2D eigenvalue weighted by molar-refractivity contribution is 5.32. The van der Waals surface area contributed by atoms with Crippen LogP contribution in [0.2, 0.25) is 0 Å². The molecule has 1 rings (SSSR count). The third-order valence-electron chi connectivity index (χ3n) is 3.54. The largest absolute Gasteiger partial charge is 0.494 e.